The van der Waals surface area contributed by atoms with Gasteiger partial charge in [-0.05, 0) is 19.1 Å². The Balaban J connectivity index is 2.22. The molecule has 0 bridgehead atoms. The molecule has 3 nitrogen and oxygen atoms in total. The van der Waals surface area contributed by atoms with E-state index in [-0.39, 0.29) is 12.4 Å². The first kappa shape index (κ1) is 12.1. The molecule has 0 saturated carbocycles. The highest BCUT2D eigenvalue weighted by Gasteiger charge is 1.98. The van der Waals surface area contributed by atoms with Gasteiger partial charge in [0, 0.05) is 28.7 Å². The van der Waals surface area contributed by atoms with Gasteiger partial charge < -0.3 is 4.74 Å². The molecular formula is C15H13NO2. The van der Waals surface area contributed by atoms with Crippen molar-refractivity contribution in [1.82, 2.24) is 4.98 Å². The van der Waals surface area contributed by atoms with E-state index < -0.39 is 0 Å². The summed E-state index contributed by atoms with van der Waals surface area (Å²) in [6.45, 7) is 2.17. The quantitative estimate of drug-likeness (QED) is 0.597. The van der Waals surface area contributed by atoms with Gasteiger partial charge in [-0.2, -0.15) is 0 Å². The van der Waals surface area contributed by atoms with Gasteiger partial charge in [-0.25, -0.2) is 0 Å². The molecule has 0 aliphatic rings. The Hall–Kier alpha value is -2.34. The predicted molar refractivity (Wildman–Crippen MR) is 69.9 cm³/mol. The van der Waals surface area contributed by atoms with E-state index in [9.17, 15) is 4.79 Å². The highest BCUT2D eigenvalue weighted by atomic mass is 16.5. The molecule has 0 aliphatic heterocycles. The second-order valence-electron chi connectivity index (χ2n) is 3.69. The number of rotatable bonds is 2. The van der Waals surface area contributed by atoms with Gasteiger partial charge >= 0.3 is 5.97 Å². The van der Waals surface area contributed by atoms with Gasteiger partial charge in [0.25, 0.3) is 0 Å². The molecule has 0 N–H and O–H groups in total. The molecule has 0 fully saturated rings. The fraction of sp³-hybridized carbons (Fsp3) is 0.200. The number of fused-ring (bicyclic) bond motifs is 1. The van der Waals surface area contributed by atoms with Crippen molar-refractivity contribution >= 4 is 16.7 Å². The molecule has 0 radical (unpaired) electrons. The maximum Gasteiger partial charge on any atom is 0.317 e. The van der Waals surface area contributed by atoms with Crippen LogP contribution in [0.15, 0.2) is 36.7 Å². The summed E-state index contributed by atoms with van der Waals surface area (Å²) < 4.78 is 4.82. The zero-order valence-corrected chi connectivity index (χ0v) is 10.1. The lowest BCUT2D eigenvalue weighted by atomic mass is 10.1. The van der Waals surface area contributed by atoms with Crippen LogP contribution < -0.4 is 0 Å². The third-order valence-corrected chi connectivity index (χ3v) is 2.44. The van der Waals surface area contributed by atoms with Crippen molar-refractivity contribution in [2.75, 3.05) is 6.61 Å². The summed E-state index contributed by atoms with van der Waals surface area (Å²) in [7, 11) is 0. The highest BCUT2D eigenvalue weighted by molar-refractivity contribution is 5.87. The summed E-state index contributed by atoms with van der Waals surface area (Å²) in [5, 5.41) is 2.09. The largest absolute Gasteiger partial charge is 0.465 e. The number of esters is 1. The van der Waals surface area contributed by atoms with Crippen molar-refractivity contribution in [3.05, 3.63) is 42.2 Å². The smallest absolute Gasteiger partial charge is 0.317 e. The lowest BCUT2D eigenvalue weighted by Crippen LogP contribution is -2.01. The molecule has 2 rings (SSSR count). The van der Waals surface area contributed by atoms with Crippen molar-refractivity contribution in [2.24, 2.45) is 0 Å². The van der Waals surface area contributed by atoms with Gasteiger partial charge in [-0.3, -0.25) is 9.78 Å². The Morgan fingerprint density at radius 1 is 1.39 bits per heavy atom. The molecule has 0 amide bonds. The average molecular weight is 239 g/mol. The number of hydrogen-bond acceptors (Lipinski definition) is 3. The van der Waals surface area contributed by atoms with Gasteiger partial charge in [0.2, 0.25) is 0 Å². The number of pyridine rings is 1. The summed E-state index contributed by atoms with van der Waals surface area (Å²) in [5.74, 6) is 5.55. The number of ether oxygens (including phenoxy) is 1. The van der Waals surface area contributed by atoms with Crippen LogP contribution in [-0.2, 0) is 9.53 Å². The van der Waals surface area contributed by atoms with Gasteiger partial charge in [-0.15, -0.1) is 0 Å². The van der Waals surface area contributed by atoms with Crippen LogP contribution in [0.2, 0.25) is 0 Å². The van der Waals surface area contributed by atoms with Crippen LogP contribution in [0, 0.1) is 11.8 Å². The van der Waals surface area contributed by atoms with Crippen LogP contribution in [0.4, 0.5) is 0 Å². The van der Waals surface area contributed by atoms with Crippen molar-refractivity contribution < 1.29 is 9.53 Å². The molecule has 0 aliphatic carbocycles. The lowest BCUT2D eigenvalue weighted by molar-refractivity contribution is -0.141. The van der Waals surface area contributed by atoms with Crippen molar-refractivity contribution in [1.29, 1.82) is 0 Å². The van der Waals surface area contributed by atoms with Gasteiger partial charge in [0.05, 0.1) is 6.61 Å². The third kappa shape index (κ3) is 2.86. The second kappa shape index (κ2) is 5.83. The first-order valence-corrected chi connectivity index (χ1v) is 5.78. The van der Waals surface area contributed by atoms with Gasteiger partial charge in [-0.1, -0.05) is 24.0 Å². The van der Waals surface area contributed by atoms with Gasteiger partial charge in [0.15, 0.2) is 0 Å². The van der Waals surface area contributed by atoms with Crippen molar-refractivity contribution in [3.8, 4) is 11.8 Å². The second-order valence-corrected chi connectivity index (χ2v) is 3.69. The lowest BCUT2D eigenvalue weighted by Gasteiger charge is -1.99. The summed E-state index contributed by atoms with van der Waals surface area (Å²) in [6, 6.07) is 7.77. The molecule has 0 unspecified atom stereocenters. The minimum atomic E-state index is -0.285. The van der Waals surface area contributed by atoms with Crippen molar-refractivity contribution in [2.45, 2.75) is 13.3 Å². The zero-order chi connectivity index (χ0) is 12.8. The van der Waals surface area contributed by atoms with Crippen LogP contribution in [0.25, 0.3) is 10.8 Å². The van der Waals surface area contributed by atoms with E-state index in [1.807, 2.05) is 24.3 Å². The Labute approximate surface area is 106 Å². The predicted octanol–water partition coefficient (Wildman–Crippen LogP) is 2.54. The molecule has 1 heterocycles. The summed E-state index contributed by atoms with van der Waals surface area (Å²) in [5.41, 5.74) is 0.902. The van der Waals surface area contributed by atoms with Crippen molar-refractivity contribution in [3.63, 3.8) is 0 Å². The molecular weight excluding hydrogens is 226 g/mol. The summed E-state index contributed by atoms with van der Waals surface area (Å²) in [6.07, 6.45) is 3.65. The number of carbonyl (C=O) groups excluding carboxylic acids is 1. The van der Waals surface area contributed by atoms with E-state index in [4.69, 9.17) is 4.74 Å². The van der Waals surface area contributed by atoms with Crippen LogP contribution >= 0.6 is 0 Å². The molecule has 1 aromatic heterocycles. The number of benzene rings is 1. The van der Waals surface area contributed by atoms with Crippen LogP contribution in [0.1, 0.15) is 18.9 Å². The van der Waals surface area contributed by atoms with E-state index in [0.717, 1.165) is 16.3 Å². The molecule has 90 valence electrons. The first-order chi connectivity index (χ1) is 8.81. The van der Waals surface area contributed by atoms with Crippen LogP contribution in [0.3, 0.4) is 0 Å². The summed E-state index contributed by atoms with van der Waals surface area (Å²) in [4.78, 5) is 15.2. The normalized spacial score (nSPS) is 9.61. The topological polar surface area (TPSA) is 39.2 Å². The molecule has 0 spiro atoms. The van der Waals surface area contributed by atoms with Crippen LogP contribution in [0.5, 0.6) is 0 Å². The SMILES string of the molecule is CCOC(=O)CC#Cc1cccc2cnccc12. The van der Waals surface area contributed by atoms with E-state index in [0.29, 0.717) is 6.61 Å². The Kier molecular flexibility index (Phi) is 3.93. The summed E-state index contributed by atoms with van der Waals surface area (Å²) >= 11 is 0. The molecule has 0 atom stereocenters. The minimum absolute atomic E-state index is 0.120. The maximum absolute atomic E-state index is 11.2. The Bertz CT molecular complexity index is 618. The molecule has 0 saturated heterocycles. The van der Waals surface area contributed by atoms with E-state index in [1.165, 1.54) is 0 Å². The first-order valence-electron chi connectivity index (χ1n) is 5.78. The fourth-order valence-corrected chi connectivity index (χ4v) is 1.66. The molecule has 1 aromatic carbocycles. The molecule has 18 heavy (non-hydrogen) atoms. The van der Waals surface area contributed by atoms with E-state index in [2.05, 4.69) is 16.8 Å². The maximum atomic E-state index is 11.2. The highest BCUT2D eigenvalue weighted by Crippen LogP contribution is 2.16. The fourth-order valence-electron chi connectivity index (χ4n) is 1.66. The Morgan fingerprint density at radius 3 is 3.11 bits per heavy atom. The standard InChI is InChI=1S/C15H13NO2/c1-2-18-15(17)8-4-6-12-5-3-7-13-11-16-10-9-14(12)13/h3,5,7,9-11H,2,8H2,1H3. The van der Waals surface area contributed by atoms with E-state index in [1.54, 1.807) is 19.3 Å². The van der Waals surface area contributed by atoms with Gasteiger partial charge in [0.1, 0.15) is 6.42 Å². The van der Waals surface area contributed by atoms with E-state index >= 15 is 0 Å². The van der Waals surface area contributed by atoms with Crippen LogP contribution in [-0.4, -0.2) is 17.6 Å². The Morgan fingerprint density at radius 2 is 2.28 bits per heavy atom. The number of carbonyl (C=O) groups is 1. The number of hydrogen-bond donors (Lipinski definition) is 0. The molecule has 2 aromatic rings. The number of nitrogens with zero attached hydrogens (tertiary/aromatic N) is 1. The average Bonchev–Trinajstić information content (AvgIpc) is 2.39. The number of aromatic nitrogens is 1. The minimum Gasteiger partial charge on any atom is -0.465 e. The zero-order valence-electron chi connectivity index (χ0n) is 10.1. The third-order valence-electron chi connectivity index (χ3n) is 2.44. The molecule has 3 heteroatoms. The monoisotopic (exact) mass is 239 g/mol.